The Labute approximate surface area is 146 Å². The first-order valence-electron chi connectivity index (χ1n) is 8.39. The Bertz CT molecular complexity index is 848. The van der Waals surface area contributed by atoms with Gasteiger partial charge in [-0.2, -0.15) is 0 Å². The summed E-state index contributed by atoms with van der Waals surface area (Å²) in [6.07, 6.45) is -0.860. The van der Waals surface area contributed by atoms with E-state index in [0.29, 0.717) is 6.54 Å². The normalized spacial score (nSPS) is 23.7. The van der Waals surface area contributed by atoms with E-state index in [1.165, 1.54) is 0 Å². The summed E-state index contributed by atoms with van der Waals surface area (Å²) >= 11 is 0. The standard InChI is InChI=1S/C20H19NO4/c1-3-24-18(22)17-20(25-17)15-11-13(2)9-10-16(15)21(19(20)23)12-14-7-5-4-6-8-14/h4-11,17H,3,12H2,1-2H3/t17-,20+/m0/s1. The molecule has 1 amide bonds. The lowest BCUT2D eigenvalue weighted by atomic mass is 9.95. The Morgan fingerprint density at radius 2 is 2.00 bits per heavy atom. The predicted molar refractivity (Wildman–Crippen MR) is 92.0 cm³/mol. The van der Waals surface area contributed by atoms with E-state index in [-0.39, 0.29) is 12.5 Å². The zero-order chi connectivity index (χ0) is 17.6. The molecule has 2 atom stereocenters. The molecule has 0 bridgehead atoms. The Hall–Kier alpha value is -2.66. The van der Waals surface area contributed by atoms with Gasteiger partial charge in [-0.05, 0) is 25.5 Å². The van der Waals surface area contributed by atoms with Crippen molar-refractivity contribution < 1.29 is 19.1 Å². The second-order valence-corrected chi connectivity index (χ2v) is 6.38. The number of hydrogen-bond acceptors (Lipinski definition) is 4. The highest BCUT2D eigenvalue weighted by Crippen LogP contribution is 2.56. The number of ether oxygens (including phenoxy) is 2. The number of hydrogen-bond donors (Lipinski definition) is 0. The van der Waals surface area contributed by atoms with Gasteiger partial charge < -0.3 is 14.4 Å². The predicted octanol–water partition coefficient (Wildman–Crippen LogP) is 2.70. The number of amides is 1. The molecule has 0 N–H and O–H groups in total. The lowest BCUT2D eigenvalue weighted by molar-refractivity contribution is -0.144. The molecule has 1 saturated heterocycles. The second kappa shape index (κ2) is 5.70. The van der Waals surface area contributed by atoms with Crippen LogP contribution in [0.25, 0.3) is 0 Å². The third kappa shape index (κ3) is 2.35. The van der Waals surface area contributed by atoms with Crippen LogP contribution in [0.2, 0.25) is 0 Å². The molecule has 25 heavy (non-hydrogen) atoms. The van der Waals surface area contributed by atoms with Crippen molar-refractivity contribution in [2.45, 2.75) is 32.1 Å². The summed E-state index contributed by atoms with van der Waals surface area (Å²) in [7, 11) is 0. The van der Waals surface area contributed by atoms with Gasteiger partial charge in [-0.15, -0.1) is 0 Å². The molecule has 5 nitrogen and oxygen atoms in total. The quantitative estimate of drug-likeness (QED) is 0.636. The molecule has 0 aliphatic carbocycles. The lowest BCUT2D eigenvalue weighted by Gasteiger charge is -2.17. The van der Waals surface area contributed by atoms with Crippen LogP contribution in [0.5, 0.6) is 0 Å². The summed E-state index contributed by atoms with van der Waals surface area (Å²) in [5.41, 5.74) is 2.37. The van der Waals surface area contributed by atoms with Crippen molar-refractivity contribution >= 4 is 17.6 Å². The van der Waals surface area contributed by atoms with Crippen molar-refractivity contribution in [3.05, 3.63) is 65.2 Å². The maximum atomic E-state index is 13.2. The van der Waals surface area contributed by atoms with Crippen LogP contribution in [0.1, 0.15) is 23.6 Å². The number of benzene rings is 2. The van der Waals surface area contributed by atoms with Crippen molar-refractivity contribution in [3.8, 4) is 0 Å². The first kappa shape index (κ1) is 15.8. The van der Waals surface area contributed by atoms with Crippen molar-refractivity contribution in [1.29, 1.82) is 0 Å². The molecule has 2 aromatic carbocycles. The van der Waals surface area contributed by atoms with Gasteiger partial charge in [-0.1, -0.05) is 48.0 Å². The van der Waals surface area contributed by atoms with Gasteiger partial charge >= 0.3 is 5.97 Å². The van der Waals surface area contributed by atoms with Gasteiger partial charge in [0.2, 0.25) is 5.60 Å². The molecule has 2 aliphatic rings. The molecule has 1 spiro atoms. The monoisotopic (exact) mass is 337 g/mol. The molecule has 1 fully saturated rings. The smallest absolute Gasteiger partial charge is 0.339 e. The first-order chi connectivity index (χ1) is 12.1. The first-order valence-corrected chi connectivity index (χ1v) is 8.39. The van der Waals surface area contributed by atoms with E-state index in [0.717, 1.165) is 22.4 Å². The second-order valence-electron chi connectivity index (χ2n) is 6.38. The number of rotatable bonds is 4. The number of aryl methyl sites for hydroxylation is 1. The number of fused-ring (bicyclic) bond motifs is 2. The van der Waals surface area contributed by atoms with E-state index in [1.54, 1.807) is 11.8 Å². The summed E-state index contributed by atoms with van der Waals surface area (Å²) in [4.78, 5) is 27.0. The van der Waals surface area contributed by atoms with Gasteiger partial charge in [-0.25, -0.2) is 4.79 Å². The topological polar surface area (TPSA) is 59.1 Å². The summed E-state index contributed by atoms with van der Waals surface area (Å²) in [6, 6.07) is 15.6. The average Bonchev–Trinajstić information content (AvgIpc) is 3.33. The number of nitrogens with zero attached hydrogens (tertiary/aromatic N) is 1. The fourth-order valence-corrected chi connectivity index (χ4v) is 3.48. The van der Waals surface area contributed by atoms with Crippen LogP contribution in [0.4, 0.5) is 5.69 Å². The summed E-state index contributed by atoms with van der Waals surface area (Å²) in [5, 5.41) is 0. The van der Waals surface area contributed by atoms with Crippen LogP contribution >= 0.6 is 0 Å². The lowest BCUT2D eigenvalue weighted by Crippen LogP contribution is -2.35. The van der Waals surface area contributed by atoms with Crippen molar-refractivity contribution in [2.75, 3.05) is 11.5 Å². The molecule has 128 valence electrons. The third-order valence-electron chi connectivity index (χ3n) is 4.71. The molecule has 4 rings (SSSR count). The van der Waals surface area contributed by atoms with Crippen molar-refractivity contribution in [1.82, 2.24) is 0 Å². The molecule has 0 unspecified atom stereocenters. The molecular weight excluding hydrogens is 318 g/mol. The number of epoxide rings is 1. The molecule has 5 heteroatoms. The summed E-state index contributed by atoms with van der Waals surface area (Å²) in [5.74, 6) is -0.681. The SMILES string of the molecule is CCOC(=O)[C@@H]1O[C@@]12C(=O)N(Cc1ccccc1)c1ccc(C)cc12. The largest absolute Gasteiger partial charge is 0.464 e. The molecule has 2 aliphatic heterocycles. The minimum absolute atomic E-state index is 0.199. The van der Waals surface area contributed by atoms with Gasteiger partial charge in [0.1, 0.15) is 0 Å². The number of esters is 1. The molecule has 0 aromatic heterocycles. The zero-order valence-corrected chi connectivity index (χ0v) is 14.2. The Kier molecular flexibility index (Phi) is 3.62. The highest BCUT2D eigenvalue weighted by molar-refractivity contribution is 6.12. The van der Waals surface area contributed by atoms with E-state index in [4.69, 9.17) is 9.47 Å². The van der Waals surface area contributed by atoms with Crippen LogP contribution in [-0.2, 0) is 31.2 Å². The fraction of sp³-hybridized carbons (Fsp3) is 0.300. The minimum Gasteiger partial charge on any atom is -0.464 e. The number of carbonyl (C=O) groups is 2. The van der Waals surface area contributed by atoms with Gasteiger partial charge in [0.15, 0.2) is 6.10 Å². The maximum Gasteiger partial charge on any atom is 0.339 e. The van der Waals surface area contributed by atoms with Crippen LogP contribution < -0.4 is 4.90 Å². The van der Waals surface area contributed by atoms with Gasteiger partial charge in [0.25, 0.3) is 5.91 Å². The van der Waals surface area contributed by atoms with Crippen molar-refractivity contribution in [3.63, 3.8) is 0 Å². The van der Waals surface area contributed by atoms with E-state index < -0.39 is 17.7 Å². The molecule has 2 aromatic rings. The maximum absolute atomic E-state index is 13.2. The Morgan fingerprint density at radius 1 is 1.24 bits per heavy atom. The highest BCUT2D eigenvalue weighted by Gasteiger charge is 2.73. The summed E-state index contributed by atoms with van der Waals surface area (Å²) < 4.78 is 10.7. The zero-order valence-electron chi connectivity index (χ0n) is 14.2. The average molecular weight is 337 g/mol. The Balaban J connectivity index is 1.73. The molecule has 2 heterocycles. The minimum atomic E-state index is -1.22. The van der Waals surface area contributed by atoms with E-state index in [9.17, 15) is 9.59 Å². The van der Waals surface area contributed by atoms with E-state index >= 15 is 0 Å². The third-order valence-corrected chi connectivity index (χ3v) is 4.71. The molecule has 0 saturated carbocycles. The van der Waals surface area contributed by atoms with Gasteiger partial charge in [-0.3, -0.25) is 4.79 Å². The van der Waals surface area contributed by atoms with Crippen molar-refractivity contribution in [2.24, 2.45) is 0 Å². The van der Waals surface area contributed by atoms with E-state index in [1.807, 2.05) is 55.5 Å². The van der Waals surface area contributed by atoms with E-state index in [2.05, 4.69) is 0 Å². The van der Waals surface area contributed by atoms with Crippen LogP contribution in [0, 0.1) is 6.92 Å². The Morgan fingerprint density at radius 3 is 2.72 bits per heavy atom. The number of carbonyl (C=O) groups excluding carboxylic acids is 2. The van der Waals surface area contributed by atoms with Gasteiger partial charge in [0.05, 0.1) is 18.8 Å². The van der Waals surface area contributed by atoms with Crippen LogP contribution in [0.3, 0.4) is 0 Å². The number of anilines is 1. The van der Waals surface area contributed by atoms with Crippen LogP contribution in [-0.4, -0.2) is 24.6 Å². The molecular formula is C20H19NO4. The fourth-order valence-electron chi connectivity index (χ4n) is 3.48. The summed E-state index contributed by atoms with van der Waals surface area (Å²) in [6.45, 7) is 4.40. The molecule has 0 radical (unpaired) electrons. The highest BCUT2D eigenvalue weighted by atomic mass is 16.7. The van der Waals surface area contributed by atoms with Gasteiger partial charge in [0, 0.05) is 5.56 Å². The van der Waals surface area contributed by atoms with Crippen LogP contribution in [0.15, 0.2) is 48.5 Å².